The van der Waals surface area contributed by atoms with E-state index in [1.165, 1.54) is 24.8 Å². The van der Waals surface area contributed by atoms with Crippen molar-refractivity contribution in [1.29, 1.82) is 0 Å². The van der Waals surface area contributed by atoms with Gasteiger partial charge in [-0.3, -0.25) is 0 Å². The van der Waals surface area contributed by atoms with Crippen LogP contribution in [0.25, 0.3) is 0 Å². The van der Waals surface area contributed by atoms with E-state index in [2.05, 4.69) is 37.4 Å². The van der Waals surface area contributed by atoms with Crippen molar-refractivity contribution < 1.29 is 4.74 Å². The number of methoxy groups -OCH3 is 1. The van der Waals surface area contributed by atoms with Crippen molar-refractivity contribution in [1.82, 2.24) is 5.32 Å². The number of benzene rings is 1. The molecule has 0 amide bonds. The maximum Gasteiger partial charge on any atom is 0.0613 e. The number of aryl methyl sites for hydroxylation is 2. The van der Waals surface area contributed by atoms with Crippen molar-refractivity contribution in [2.75, 3.05) is 13.7 Å². The number of rotatable bonds is 5. The van der Waals surface area contributed by atoms with Gasteiger partial charge in [-0.25, -0.2) is 0 Å². The minimum atomic E-state index is 0.392. The lowest BCUT2D eigenvalue weighted by atomic mass is 10.0. The Morgan fingerprint density at radius 3 is 2.76 bits per heavy atom. The standard InChI is InChI=1S/C15H23NO/c1-11(10-17-3)16-12(2)14-8-7-13-5-4-6-15(13)9-14/h7-9,11-12,16H,4-6,10H2,1-3H3. The highest BCUT2D eigenvalue weighted by Gasteiger charge is 2.14. The first-order valence-corrected chi connectivity index (χ1v) is 6.57. The molecule has 2 unspecified atom stereocenters. The Morgan fingerprint density at radius 2 is 2.00 bits per heavy atom. The zero-order chi connectivity index (χ0) is 12.3. The Balaban J connectivity index is 2.01. The summed E-state index contributed by atoms with van der Waals surface area (Å²) in [5, 5.41) is 3.56. The molecule has 0 aliphatic heterocycles. The number of nitrogens with one attached hydrogen (secondary N) is 1. The van der Waals surface area contributed by atoms with E-state index in [9.17, 15) is 0 Å². The van der Waals surface area contributed by atoms with Crippen LogP contribution >= 0.6 is 0 Å². The van der Waals surface area contributed by atoms with E-state index >= 15 is 0 Å². The molecule has 0 bridgehead atoms. The minimum Gasteiger partial charge on any atom is -0.383 e. The highest BCUT2D eigenvalue weighted by Crippen LogP contribution is 2.25. The van der Waals surface area contributed by atoms with Gasteiger partial charge in [-0.1, -0.05) is 18.2 Å². The monoisotopic (exact) mass is 233 g/mol. The Hall–Kier alpha value is -0.860. The third kappa shape index (κ3) is 3.08. The van der Waals surface area contributed by atoms with Gasteiger partial charge in [-0.05, 0) is 49.8 Å². The third-order valence-corrected chi connectivity index (χ3v) is 3.57. The summed E-state index contributed by atoms with van der Waals surface area (Å²) in [7, 11) is 1.75. The van der Waals surface area contributed by atoms with E-state index in [1.54, 1.807) is 18.2 Å². The van der Waals surface area contributed by atoms with E-state index in [4.69, 9.17) is 4.74 Å². The fraction of sp³-hybridized carbons (Fsp3) is 0.600. The van der Waals surface area contributed by atoms with Crippen LogP contribution < -0.4 is 5.32 Å². The molecule has 2 heteroatoms. The topological polar surface area (TPSA) is 21.3 Å². The number of fused-ring (bicyclic) bond motifs is 1. The molecule has 94 valence electrons. The lowest BCUT2D eigenvalue weighted by Gasteiger charge is -2.20. The summed E-state index contributed by atoms with van der Waals surface area (Å²) < 4.78 is 5.15. The van der Waals surface area contributed by atoms with Crippen LogP contribution in [0.5, 0.6) is 0 Å². The van der Waals surface area contributed by atoms with Gasteiger partial charge in [0.1, 0.15) is 0 Å². The highest BCUT2D eigenvalue weighted by molar-refractivity contribution is 5.36. The molecule has 0 saturated heterocycles. The lowest BCUT2D eigenvalue weighted by molar-refractivity contribution is 0.167. The van der Waals surface area contributed by atoms with Crippen molar-refractivity contribution in [3.8, 4) is 0 Å². The molecule has 1 N–H and O–H groups in total. The molecule has 1 aliphatic carbocycles. The maximum absolute atomic E-state index is 5.15. The average molecular weight is 233 g/mol. The second-order valence-electron chi connectivity index (χ2n) is 5.13. The average Bonchev–Trinajstić information content (AvgIpc) is 2.75. The molecular weight excluding hydrogens is 210 g/mol. The van der Waals surface area contributed by atoms with Crippen LogP contribution in [0, 0.1) is 0 Å². The van der Waals surface area contributed by atoms with Crippen LogP contribution in [-0.2, 0) is 17.6 Å². The number of hydrogen-bond donors (Lipinski definition) is 1. The summed E-state index contributed by atoms with van der Waals surface area (Å²) in [4.78, 5) is 0. The smallest absolute Gasteiger partial charge is 0.0613 e. The van der Waals surface area contributed by atoms with Gasteiger partial charge >= 0.3 is 0 Å². The molecule has 1 aromatic rings. The van der Waals surface area contributed by atoms with Gasteiger partial charge in [0.25, 0.3) is 0 Å². The second-order valence-corrected chi connectivity index (χ2v) is 5.13. The van der Waals surface area contributed by atoms with Crippen molar-refractivity contribution >= 4 is 0 Å². The summed E-state index contributed by atoms with van der Waals surface area (Å²) in [5.74, 6) is 0. The second kappa shape index (κ2) is 5.65. The molecule has 0 radical (unpaired) electrons. The largest absolute Gasteiger partial charge is 0.383 e. The van der Waals surface area contributed by atoms with Gasteiger partial charge in [-0.2, -0.15) is 0 Å². The molecule has 0 fully saturated rings. The van der Waals surface area contributed by atoms with Crippen LogP contribution in [0.1, 0.15) is 43.0 Å². The molecule has 2 atom stereocenters. The van der Waals surface area contributed by atoms with E-state index in [0.29, 0.717) is 12.1 Å². The van der Waals surface area contributed by atoms with Crippen molar-refractivity contribution in [2.24, 2.45) is 0 Å². The van der Waals surface area contributed by atoms with Gasteiger partial charge in [-0.15, -0.1) is 0 Å². The minimum absolute atomic E-state index is 0.392. The third-order valence-electron chi connectivity index (χ3n) is 3.57. The van der Waals surface area contributed by atoms with Crippen molar-refractivity contribution in [3.63, 3.8) is 0 Å². The normalized spacial score (nSPS) is 17.8. The van der Waals surface area contributed by atoms with Crippen LogP contribution in [-0.4, -0.2) is 19.8 Å². The first-order chi connectivity index (χ1) is 8.20. The van der Waals surface area contributed by atoms with Gasteiger partial charge in [0.2, 0.25) is 0 Å². The Labute approximate surface area is 104 Å². The Bertz CT molecular complexity index is 375. The number of hydrogen-bond acceptors (Lipinski definition) is 2. The molecular formula is C15H23NO. The summed E-state index contributed by atoms with van der Waals surface area (Å²) in [6.07, 6.45) is 3.84. The first-order valence-electron chi connectivity index (χ1n) is 6.57. The SMILES string of the molecule is COCC(C)NC(C)c1ccc2c(c1)CCC2. The maximum atomic E-state index is 5.15. The highest BCUT2D eigenvalue weighted by atomic mass is 16.5. The summed E-state index contributed by atoms with van der Waals surface area (Å²) in [6, 6.07) is 7.73. The fourth-order valence-electron chi connectivity index (χ4n) is 2.68. The fourth-order valence-corrected chi connectivity index (χ4v) is 2.68. The predicted molar refractivity (Wildman–Crippen MR) is 71.4 cm³/mol. The van der Waals surface area contributed by atoms with E-state index in [0.717, 1.165) is 6.61 Å². The molecule has 0 heterocycles. The zero-order valence-electron chi connectivity index (χ0n) is 11.1. The molecule has 1 aliphatic rings. The van der Waals surface area contributed by atoms with E-state index < -0.39 is 0 Å². The quantitative estimate of drug-likeness (QED) is 0.844. The van der Waals surface area contributed by atoms with Crippen molar-refractivity contribution in [3.05, 3.63) is 34.9 Å². The summed E-state index contributed by atoms with van der Waals surface area (Å²) >= 11 is 0. The van der Waals surface area contributed by atoms with Crippen LogP contribution in [0.2, 0.25) is 0 Å². The molecule has 0 aromatic heterocycles. The Morgan fingerprint density at radius 1 is 1.24 bits per heavy atom. The van der Waals surface area contributed by atoms with Gasteiger partial charge in [0.15, 0.2) is 0 Å². The van der Waals surface area contributed by atoms with Gasteiger partial charge < -0.3 is 10.1 Å². The van der Waals surface area contributed by atoms with E-state index in [-0.39, 0.29) is 0 Å². The molecule has 0 spiro atoms. The van der Waals surface area contributed by atoms with Gasteiger partial charge in [0, 0.05) is 19.2 Å². The lowest BCUT2D eigenvalue weighted by Crippen LogP contribution is -2.32. The van der Waals surface area contributed by atoms with Crippen LogP contribution in [0.4, 0.5) is 0 Å². The van der Waals surface area contributed by atoms with E-state index in [1.807, 2.05) is 0 Å². The molecule has 2 nitrogen and oxygen atoms in total. The van der Waals surface area contributed by atoms with Crippen LogP contribution in [0.15, 0.2) is 18.2 Å². The predicted octanol–water partition coefficient (Wildman–Crippen LogP) is 2.86. The first kappa shape index (κ1) is 12.6. The van der Waals surface area contributed by atoms with Gasteiger partial charge in [0.05, 0.1) is 6.61 Å². The zero-order valence-corrected chi connectivity index (χ0v) is 11.1. The summed E-state index contributed by atoms with van der Waals surface area (Å²) in [5.41, 5.74) is 4.50. The van der Waals surface area contributed by atoms with Crippen molar-refractivity contribution in [2.45, 2.75) is 45.2 Å². The number of ether oxygens (including phenoxy) is 1. The molecule has 2 rings (SSSR count). The molecule has 1 aromatic carbocycles. The Kier molecular flexibility index (Phi) is 4.19. The molecule has 17 heavy (non-hydrogen) atoms. The summed E-state index contributed by atoms with van der Waals surface area (Å²) in [6.45, 7) is 5.14. The molecule has 0 saturated carbocycles. The van der Waals surface area contributed by atoms with Crippen LogP contribution in [0.3, 0.4) is 0 Å².